The summed E-state index contributed by atoms with van der Waals surface area (Å²) >= 11 is 12.0. The lowest BCUT2D eigenvalue weighted by Crippen LogP contribution is -2.12. The van der Waals surface area contributed by atoms with Crippen molar-refractivity contribution in [2.24, 2.45) is 0 Å². The van der Waals surface area contributed by atoms with Gasteiger partial charge in [-0.3, -0.25) is 14.8 Å². The normalized spacial score (nSPS) is 11.3. The molecule has 0 aliphatic heterocycles. The lowest BCUT2D eigenvalue weighted by atomic mass is 10.1. The maximum absolute atomic E-state index is 14.1. The van der Waals surface area contributed by atoms with Crippen LogP contribution in [0.1, 0.15) is 11.1 Å². The second kappa shape index (κ2) is 8.03. The molecule has 0 atom stereocenters. The number of nitrogens with one attached hydrogen (secondary N) is 2. The van der Waals surface area contributed by atoms with Crippen molar-refractivity contribution in [2.45, 2.75) is 0 Å². The van der Waals surface area contributed by atoms with Crippen LogP contribution in [0.3, 0.4) is 0 Å². The Hall–Kier alpha value is -3.22. The number of halogens is 3. The van der Waals surface area contributed by atoms with E-state index in [9.17, 15) is 9.18 Å². The first kappa shape index (κ1) is 19.1. The van der Waals surface area contributed by atoms with Gasteiger partial charge in [-0.05, 0) is 48.0 Å². The van der Waals surface area contributed by atoms with Crippen LogP contribution in [-0.4, -0.2) is 15.0 Å². The number of aromatic amines is 1. The minimum absolute atomic E-state index is 0.152. The van der Waals surface area contributed by atoms with Gasteiger partial charge in [0, 0.05) is 23.6 Å². The molecule has 0 saturated heterocycles. The van der Waals surface area contributed by atoms with E-state index in [-0.39, 0.29) is 11.3 Å². The Bertz CT molecular complexity index is 1290. The molecule has 0 bridgehead atoms. The van der Waals surface area contributed by atoms with Crippen LogP contribution in [0.4, 0.5) is 16.0 Å². The van der Waals surface area contributed by atoms with E-state index in [0.717, 1.165) is 11.6 Å². The van der Waals surface area contributed by atoms with E-state index in [2.05, 4.69) is 20.3 Å². The molecule has 0 radical (unpaired) electrons. The van der Waals surface area contributed by atoms with Gasteiger partial charge in [-0.15, -0.1) is 0 Å². The second-order valence-electron chi connectivity index (χ2n) is 6.17. The number of anilines is 2. The zero-order chi connectivity index (χ0) is 20.4. The van der Waals surface area contributed by atoms with Crippen molar-refractivity contribution in [3.63, 3.8) is 0 Å². The number of benzene rings is 2. The summed E-state index contributed by atoms with van der Waals surface area (Å²) in [6, 6.07) is 11.1. The molecule has 0 unspecified atom stereocenters. The third kappa shape index (κ3) is 4.29. The van der Waals surface area contributed by atoms with Crippen molar-refractivity contribution in [1.82, 2.24) is 15.0 Å². The van der Waals surface area contributed by atoms with Gasteiger partial charge >= 0.3 is 0 Å². The average Bonchev–Trinajstić information content (AvgIpc) is 2.70. The summed E-state index contributed by atoms with van der Waals surface area (Å²) in [5.41, 5.74) is 1.85. The molecular formula is C21H13Cl2FN4O. The van der Waals surface area contributed by atoms with Crippen molar-refractivity contribution in [3.05, 3.63) is 92.2 Å². The fourth-order valence-corrected chi connectivity index (χ4v) is 3.09. The smallest absolute Gasteiger partial charge is 0.260 e. The lowest BCUT2D eigenvalue weighted by molar-refractivity contribution is 0.629. The Morgan fingerprint density at radius 1 is 1.00 bits per heavy atom. The van der Waals surface area contributed by atoms with Crippen LogP contribution in [0.5, 0.6) is 0 Å². The van der Waals surface area contributed by atoms with Gasteiger partial charge in [-0.2, -0.15) is 0 Å². The number of H-pyrrole nitrogens is 1. The summed E-state index contributed by atoms with van der Waals surface area (Å²) in [7, 11) is 0. The maximum atomic E-state index is 14.1. The molecule has 2 aromatic carbocycles. The minimum Gasteiger partial charge on any atom is -0.326 e. The third-order valence-electron chi connectivity index (χ3n) is 4.15. The summed E-state index contributed by atoms with van der Waals surface area (Å²) < 4.78 is 14.1. The predicted octanol–water partition coefficient (Wildman–Crippen LogP) is 5.68. The average molecular weight is 427 g/mol. The Morgan fingerprint density at radius 3 is 2.55 bits per heavy atom. The van der Waals surface area contributed by atoms with E-state index in [1.807, 2.05) is 12.1 Å². The Morgan fingerprint density at radius 2 is 1.79 bits per heavy atom. The van der Waals surface area contributed by atoms with Crippen LogP contribution >= 0.6 is 23.2 Å². The molecular weight excluding hydrogens is 414 g/mol. The van der Waals surface area contributed by atoms with Crippen LogP contribution in [0.25, 0.3) is 23.1 Å². The predicted molar refractivity (Wildman–Crippen MR) is 115 cm³/mol. The number of pyridine rings is 1. The summed E-state index contributed by atoms with van der Waals surface area (Å²) in [5.74, 6) is -0.324. The number of aromatic nitrogens is 3. The third-order valence-corrected chi connectivity index (χ3v) is 4.89. The zero-order valence-corrected chi connectivity index (χ0v) is 16.3. The number of hydrogen-bond acceptors (Lipinski definition) is 4. The van der Waals surface area contributed by atoms with Crippen molar-refractivity contribution in [1.29, 1.82) is 0 Å². The van der Waals surface area contributed by atoms with Crippen LogP contribution in [0.15, 0.2) is 59.7 Å². The maximum Gasteiger partial charge on any atom is 0.260 e. The van der Waals surface area contributed by atoms with E-state index in [0.29, 0.717) is 26.8 Å². The molecule has 5 nitrogen and oxygen atoms in total. The van der Waals surface area contributed by atoms with Gasteiger partial charge in [0.2, 0.25) is 5.95 Å². The molecule has 2 heterocycles. The van der Waals surface area contributed by atoms with E-state index in [4.69, 9.17) is 23.2 Å². The first-order valence-electron chi connectivity index (χ1n) is 8.53. The van der Waals surface area contributed by atoms with E-state index < -0.39 is 11.4 Å². The van der Waals surface area contributed by atoms with Gasteiger partial charge in [-0.25, -0.2) is 9.37 Å². The molecule has 4 rings (SSSR count). The standard InChI is InChI=1S/C21H13Cl2FN4O/c22-17-4-3-15(11-18(17)23)26-21-27-19-13(2-1-12-5-7-25-8-6-12)9-14(24)10-16(19)20(29)28-21/h1-11H,(H2,26,27,28,29). The van der Waals surface area contributed by atoms with Crippen LogP contribution in [-0.2, 0) is 0 Å². The van der Waals surface area contributed by atoms with Gasteiger partial charge in [0.1, 0.15) is 5.82 Å². The molecule has 0 aliphatic rings. The number of nitrogens with zero attached hydrogens (tertiary/aromatic N) is 2. The molecule has 0 fully saturated rings. The van der Waals surface area contributed by atoms with Crippen molar-refractivity contribution in [2.75, 3.05) is 5.32 Å². The zero-order valence-electron chi connectivity index (χ0n) is 14.8. The van der Waals surface area contributed by atoms with Gasteiger partial charge in [0.15, 0.2) is 0 Å². The van der Waals surface area contributed by atoms with Gasteiger partial charge in [0.05, 0.1) is 20.9 Å². The fraction of sp³-hybridized carbons (Fsp3) is 0. The molecule has 2 aromatic heterocycles. The van der Waals surface area contributed by atoms with Gasteiger partial charge in [0.25, 0.3) is 5.56 Å². The molecule has 0 aliphatic carbocycles. The van der Waals surface area contributed by atoms with Gasteiger partial charge < -0.3 is 5.32 Å². The first-order valence-corrected chi connectivity index (χ1v) is 9.29. The summed E-state index contributed by atoms with van der Waals surface area (Å²) in [5, 5.41) is 3.91. The second-order valence-corrected chi connectivity index (χ2v) is 6.99. The molecule has 29 heavy (non-hydrogen) atoms. The molecule has 0 saturated carbocycles. The summed E-state index contributed by atoms with van der Waals surface area (Å²) in [6.07, 6.45) is 6.82. The lowest BCUT2D eigenvalue weighted by Gasteiger charge is -2.09. The highest BCUT2D eigenvalue weighted by Gasteiger charge is 2.10. The van der Waals surface area contributed by atoms with Crippen molar-refractivity contribution < 1.29 is 4.39 Å². The molecule has 2 N–H and O–H groups in total. The van der Waals surface area contributed by atoms with E-state index in [1.54, 1.807) is 42.7 Å². The molecule has 144 valence electrons. The van der Waals surface area contributed by atoms with Crippen LogP contribution in [0, 0.1) is 5.82 Å². The molecule has 8 heteroatoms. The quantitative estimate of drug-likeness (QED) is 0.440. The van der Waals surface area contributed by atoms with Crippen molar-refractivity contribution >= 4 is 57.9 Å². The molecule has 0 amide bonds. The highest BCUT2D eigenvalue weighted by atomic mass is 35.5. The number of fused-ring (bicyclic) bond motifs is 1. The topological polar surface area (TPSA) is 70.7 Å². The molecule has 4 aromatic rings. The minimum atomic E-state index is -0.524. The molecule has 0 spiro atoms. The van der Waals surface area contributed by atoms with Crippen LogP contribution < -0.4 is 10.9 Å². The van der Waals surface area contributed by atoms with E-state index in [1.165, 1.54) is 6.07 Å². The highest BCUT2D eigenvalue weighted by molar-refractivity contribution is 6.42. The highest BCUT2D eigenvalue weighted by Crippen LogP contribution is 2.27. The fourth-order valence-electron chi connectivity index (χ4n) is 2.79. The Balaban J connectivity index is 1.78. The number of rotatable bonds is 4. The number of hydrogen-bond donors (Lipinski definition) is 2. The largest absolute Gasteiger partial charge is 0.326 e. The first-order chi connectivity index (χ1) is 14.0. The Kier molecular flexibility index (Phi) is 5.29. The summed E-state index contributed by atoms with van der Waals surface area (Å²) in [4.78, 5) is 23.5. The SMILES string of the molecule is O=c1[nH]c(Nc2ccc(Cl)c(Cl)c2)nc2c(C=Cc3ccncc3)cc(F)cc12. The summed E-state index contributed by atoms with van der Waals surface area (Å²) in [6.45, 7) is 0. The monoisotopic (exact) mass is 426 g/mol. The van der Waals surface area contributed by atoms with Gasteiger partial charge in [-0.1, -0.05) is 35.4 Å². The van der Waals surface area contributed by atoms with Crippen molar-refractivity contribution in [3.8, 4) is 0 Å². The van der Waals surface area contributed by atoms with Crippen LogP contribution in [0.2, 0.25) is 10.0 Å². The Labute approximate surface area is 174 Å². The van der Waals surface area contributed by atoms with E-state index >= 15 is 0 Å².